The first-order valence-electron chi connectivity index (χ1n) is 8.40. The van der Waals surface area contributed by atoms with Gasteiger partial charge in [0.1, 0.15) is 0 Å². The van der Waals surface area contributed by atoms with E-state index in [4.69, 9.17) is 0 Å². The molecule has 20 heavy (non-hydrogen) atoms. The van der Waals surface area contributed by atoms with Gasteiger partial charge in [0.05, 0.1) is 18.0 Å². The molecular weight excluding hydrogens is 252 g/mol. The molecule has 0 radical (unpaired) electrons. The highest BCUT2D eigenvalue weighted by Crippen LogP contribution is 2.57. The van der Waals surface area contributed by atoms with Crippen molar-refractivity contribution in [2.45, 2.75) is 57.2 Å². The van der Waals surface area contributed by atoms with Crippen molar-refractivity contribution in [2.75, 3.05) is 0 Å². The molecule has 8 unspecified atom stereocenters. The van der Waals surface area contributed by atoms with Crippen molar-refractivity contribution < 1.29 is 15.3 Å². The summed E-state index contributed by atoms with van der Waals surface area (Å²) in [6.45, 7) is 0. The van der Waals surface area contributed by atoms with Gasteiger partial charge >= 0.3 is 0 Å². The fourth-order valence-electron chi connectivity index (χ4n) is 6.07. The second kappa shape index (κ2) is 4.74. The third-order valence-electron chi connectivity index (χ3n) is 6.86. The quantitative estimate of drug-likeness (QED) is 0.638. The van der Waals surface area contributed by atoms with Crippen LogP contribution in [-0.2, 0) is 0 Å². The van der Waals surface area contributed by atoms with Gasteiger partial charge in [-0.1, -0.05) is 0 Å². The Morgan fingerprint density at radius 2 is 1.70 bits per heavy atom. The Morgan fingerprint density at radius 1 is 0.900 bits per heavy atom. The van der Waals surface area contributed by atoms with Crippen LogP contribution in [0.2, 0.25) is 0 Å². The summed E-state index contributed by atoms with van der Waals surface area (Å²) in [6, 6.07) is 0. The van der Waals surface area contributed by atoms with E-state index < -0.39 is 0 Å². The van der Waals surface area contributed by atoms with Crippen LogP contribution in [0, 0.1) is 35.5 Å². The smallest absolute Gasteiger partial charge is 0.0917 e. The van der Waals surface area contributed by atoms with Crippen LogP contribution >= 0.6 is 0 Å². The van der Waals surface area contributed by atoms with Crippen LogP contribution in [0.5, 0.6) is 0 Å². The van der Waals surface area contributed by atoms with Gasteiger partial charge in [-0.2, -0.15) is 0 Å². The highest BCUT2D eigenvalue weighted by Gasteiger charge is 2.53. The van der Waals surface area contributed by atoms with Crippen LogP contribution in [0.15, 0.2) is 11.8 Å². The molecule has 0 aromatic carbocycles. The fraction of sp³-hybridized carbons (Fsp3) is 0.882. The monoisotopic (exact) mass is 278 g/mol. The lowest BCUT2D eigenvalue weighted by molar-refractivity contribution is -0.109. The molecule has 4 aliphatic rings. The summed E-state index contributed by atoms with van der Waals surface area (Å²) in [5.41, 5.74) is 0. The number of fused-ring (bicyclic) bond motifs is 5. The Bertz CT molecular complexity index is 418. The molecule has 0 bridgehead atoms. The van der Waals surface area contributed by atoms with Crippen molar-refractivity contribution in [3.8, 4) is 0 Å². The molecule has 3 saturated carbocycles. The van der Waals surface area contributed by atoms with Crippen molar-refractivity contribution >= 4 is 0 Å². The van der Waals surface area contributed by atoms with Crippen molar-refractivity contribution in [1.29, 1.82) is 0 Å². The minimum Gasteiger partial charge on any atom is -0.512 e. The third-order valence-corrected chi connectivity index (χ3v) is 6.86. The summed E-state index contributed by atoms with van der Waals surface area (Å²) in [6.07, 6.45) is 8.70. The number of rotatable bonds is 0. The average molecular weight is 278 g/mol. The zero-order chi connectivity index (χ0) is 13.9. The second-order valence-electron chi connectivity index (χ2n) is 7.65. The molecule has 8 atom stereocenters. The second-order valence-corrected chi connectivity index (χ2v) is 7.65. The van der Waals surface area contributed by atoms with Gasteiger partial charge in [-0.15, -0.1) is 0 Å². The molecule has 3 N–H and O–H groups in total. The molecule has 0 aromatic rings. The molecule has 0 amide bonds. The van der Waals surface area contributed by atoms with Gasteiger partial charge in [-0.25, -0.2) is 0 Å². The van der Waals surface area contributed by atoms with Crippen molar-refractivity contribution in [3.05, 3.63) is 11.8 Å². The summed E-state index contributed by atoms with van der Waals surface area (Å²) < 4.78 is 0. The minimum absolute atomic E-state index is 0.113. The van der Waals surface area contributed by atoms with Crippen LogP contribution in [0.1, 0.15) is 44.9 Å². The number of hydrogen-bond donors (Lipinski definition) is 3. The molecule has 4 aliphatic carbocycles. The number of aliphatic hydroxyl groups excluding tert-OH is 3. The van der Waals surface area contributed by atoms with E-state index in [9.17, 15) is 15.3 Å². The first kappa shape index (κ1) is 13.1. The van der Waals surface area contributed by atoms with Crippen LogP contribution in [0.3, 0.4) is 0 Å². The largest absolute Gasteiger partial charge is 0.512 e. The summed E-state index contributed by atoms with van der Waals surface area (Å²) in [5.74, 6) is 3.55. The fourth-order valence-corrected chi connectivity index (χ4v) is 6.07. The van der Waals surface area contributed by atoms with Gasteiger partial charge < -0.3 is 15.3 Å². The molecule has 0 heterocycles. The maximum Gasteiger partial charge on any atom is 0.0917 e. The molecule has 0 aliphatic heterocycles. The molecule has 0 aromatic heterocycles. The Morgan fingerprint density at radius 3 is 2.55 bits per heavy atom. The Hall–Kier alpha value is -0.540. The lowest BCUT2D eigenvalue weighted by Gasteiger charge is -2.54. The van der Waals surface area contributed by atoms with Crippen LogP contribution in [0.25, 0.3) is 0 Å². The molecular formula is C17H26O3. The van der Waals surface area contributed by atoms with E-state index in [-0.39, 0.29) is 18.1 Å². The molecule has 4 rings (SSSR count). The van der Waals surface area contributed by atoms with E-state index in [1.807, 2.05) is 6.08 Å². The van der Waals surface area contributed by atoms with E-state index in [1.165, 1.54) is 12.8 Å². The number of aliphatic hydroxyl groups is 3. The Balaban J connectivity index is 1.59. The van der Waals surface area contributed by atoms with Crippen LogP contribution < -0.4 is 0 Å². The predicted octanol–water partition coefficient (Wildman–Crippen LogP) is 2.63. The zero-order valence-corrected chi connectivity index (χ0v) is 12.0. The normalized spacial score (nSPS) is 54.6. The van der Waals surface area contributed by atoms with Crippen LogP contribution in [0.4, 0.5) is 0 Å². The minimum atomic E-state index is -0.252. The molecule has 3 nitrogen and oxygen atoms in total. The zero-order valence-electron chi connectivity index (χ0n) is 12.0. The number of allylic oxidation sites excluding steroid dienone is 2. The van der Waals surface area contributed by atoms with Gasteiger partial charge in [0.2, 0.25) is 0 Å². The summed E-state index contributed by atoms with van der Waals surface area (Å²) in [4.78, 5) is 0. The third kappa shape index (κ3) is 1.86. The van der Waals surface area contributed by atoms with Crippen LogP contribution in [-0.4, -0.2) is 27.5 Å². The maximum absolute atomic E-state index is 10.7. The molecule has 0 spiro atoms. The highest BCUT2D eigenvalue weighted by molar-refractivity contribution is 5.14. The maximum atomic E-state index is 10.7. The highest BCUT2D eigenvalue weighted by atomic mass is 16.3. The van der Waals surface area contributed by atoms with Gasteiger partial charge in [0.15, 0.2) is 0 Å². The first-order valence-corrected chi connectivity index (χ1v) is 8.40. The van der Waals surface area contributed by atoms with Gasteiger partial charge in [0, 0.05) is 5.92 Å². The van der Waals surface area contributed by atoms with Gasteiger partial charge in [0.25, 0.3) is 0 Å². The molecule has 0 saturated heterocycles. The summed E-state index contributed by atoms with van der Waals surface area (Å²) in [5, 5.41) is 30.6. The van der Waals surface area contributed by atoms with E-state index in [1.54, 1.807) is 0 Å². The number of hydrogen-bond acceptors (Lipinski definition) is 3. The standard InChI is InChI=1S/C17H26O3/c18-10-2-4-11-9(7-10)1-3-13-12-5-6-15(19)14(12)8-16(20)17(11)13/h6,9-14,16-20H,1-5,7-8H2. The average Bonchev–Trinajstić information content (AvgIpc) is 2.80. The lowest BCUT2D eigenvalue weighted by Crippen LogP contribution is -2.51. The van der Waals surface area contributed by atoms with Crippen molar-refractivity contribution in [2.24, 2.45) is 35.5 Å². The SMILES string of the molecule is OC1=CCC2C1CC(O)C1C3CCC(O)CC3CCC21. The topological polar surface area (TPSA) is 60.7 Å². The van der Waals surface area contributed by atoms with Crippen molar-refractivity contribution in [3.63, 3.8) is 0 Å². The van der Waals surface area contributed by atoms with Gasteiger partial charge in [-0.05, 0) is 80.6 Å². The molecule has 3 heteroatoms. The Kier molecular flexibility index (Phi) is 3.11. The summed E-state index contributed by atoms with van der Waals surface area (Å²) >= 11 is 0. The van der Waals surface area contributed by atoms with E-state index in [2.05, 4.69) is 0 Å². The predicted molar refractivity (Wildman–Crippen MR) is 76.0 cm³/mol. The molecule has 112 valence electrons. The van der Waals surface area contributed by atoms with E-state index in [0.29, 0.717) is 35.3 Å². The Labute approximate surface area is 120 Å². The lowest BCUT2D eigenvalue weighted by atomic mass is 9.52. The first-order chi connectivity index (χ1) is 9.65. The molecule has 3 fully saturated rings. The van der Waals surface area contributed by atoms with E-state index >= 15 is 0 Å². The van der Waals surface area contributed by atoms with Crippen molar-refractivity contribution in [1.82, 2.24) is 0 Å². The van der Waals surface area contributed by atoms with E-state index in [0.717, 1.165) is 32.1 Å². The summed E-state index contributed by atoms with van der Waals surface area (Å²) in [7, 11) is 0. The van der Waals surface area contributed by atoms with Gasteiger partial charge in [-0.3, -0.25) is 0 Å².